The Hall–Kier alpha value is -4.20. The average Bonchev–Trinajstić information content (AvgIpc) is 3.35. The van der Waals surface area contributed by atoms with E-state index in [0.29, 0.717) is 30.9 Å². The first-order chi connectivity index (χ1) is 20.2. The van der Waals surface area contributed by atoms with Crippen LogP contribution in [0.5, 0.6) is 0 Å². The summed E-state index contributed by atoms with van der Waals surface area (Å²) in [5.74, 6) is -1.06. The van der Waals surface area contributed by atoms with Crippen LogP contribution in [-0.2, 0) is 21.5 Å². The molecule has 3 atom stereocenters. The van der Waals surface area contributed by atoms with Crippen LogP contribution in [0.2, 0.25) is 0 Å². The zero-order chi connectivity index (χ0) is 29.6. The van der Waals surface area contributed by atoms with Gasteiger partial charge in [-0.25, -0.2) is 23.1 Å². The van der Waals surface area contributed by atoms with Crippen molar-refractivity contribution in [3.63, 3.8) is 0 Å². The number of hydrogen-bond donors (Lipinski definition) is 3. The second kappa shape index (κ2) is 10.9. The summed E-state index contributed by atoms with van der Waals surface area (Å²) >= 11 is 0. The Kier molecular flexibility index (Phi) is 7.25. The molecule has 0 radical (unpaired) electrons. The van der Waals surface area contributed by atoms with Crippen molar-refractivity contribution in [1.29, 1.82) is 0 Å². The first-order valence-corrected chi connectivity index (χ1v) is 13.6. The quantitative estimate of drug-likeness (QED) is 0.314. The lowest BCUT2D eigenvalue weighted by Crippen LogP contribution is -2.62. The fourth-order valence-electron chi connectivity index (χ4n) is 5.74. The Morgan fingerprint density at radius 1 is 1.21 bits per heavy atom. The van der Waals surface area contributed by atoms with Crippen molar-refractivity contribution in [2.45, 2.75) is 31.0 Å². The number of amides is 1. The number of aliphatic hydroxyl groups is 1. The van der Waals surface area contributed by atoms with E-state index in [1.165, 1.54) is 13.2 Å². The van der Waals surface area contributed by atoms with E-state index in [-0.39, 0.29) is 48.0 Å². The summed E-state index contributed by atoms with van der Waals surface area (Å²) in [5, 5.41) is 17.8. The van der Waals surface area contributed by atoms with Crippen LogP contribution in [0.1, 0.15) is 23.9 Å². The molecule has 1 amide bonds. The second-order valence-electron chi connectivity index (χ2n) is 11.0. The third-order valence-corrected chi connectivity index (χ3v) is 8.02. The Bertz CT molecular complexity index is 1610. The molecule has 2 aliphatic heterocycles. The molecule has 6 rings (SSSR count). The van der Waals surface area contributed by atoms with Gasteiger partial charge in [-0.1, -0.05) is 6.92 Å². The normalized spacial score (nSPS) is 21.7. The number of fused-ring (bicyclic) bond motifs is 1. The number of carbonyl (C=O) groups excluding carboxylic acids is 1. The highest BCUT2D eigenvalue weighted by Crippen LogP contribution is 2.34. The number of halogens is 2. The van der Waals surface area contributed by atoms with Crippen LogP contribution in [0.25, 0.3) is 16.8 Å². The Morgan fingerprint density at radius 2 is 1.98 bits per heavy atom. The van der Waals surface area contributed by atoms with E-state index in [9.17, 15) is 9.90 Å². The van der Waals surface area contributed by atoms with E-state index in [0.717, 1.165) is 23.4 Å². The lowest BCUT2D eigenvalue weighted by Gasteiger charge is -2.42. The highest BCUT2D eigenvalue weighted by Gasteiger charge is 2.39. The predicted molar refractivity (Wildman–Crippen MR) is 149 cm³/mol. The summed E-state index contributed by atoms with van der Waals surface area (Å²) in [6.07, 6.45) is 4.93. The molecule has 0 bridgehead atoms. The average molecular weight is 580 g/mol. The van der Waals surface area contributed by atoms with Crippen LogP contribution < -0.4 is 16.0 Å². The van der Waals surface area contributed by atoms with Gasteiger partial charge in [-0.05, 0) is 41.8 Å². The summed E-state index contributed by atoms with van der Waals surface area (Å²) in [5.41, 5.74) is 7.43. The van der Waals surface area contributed by atoms with Crippen LogP contribution >= 0.6 is 0 Å². The molecule has 13 heteroatoms. The van der Waals surface area contributed by atoms with Gasteiger partial charge in [0.05, 0.1) is 49.3 Å². The summed E-state index contributed by atoms with van der Waals surface area (Å²) in [6, 6.07) is 6.82. The number of rotatable bonds is 6. The molecule has 4 N–H and O–H groups in total. The molecular weight excluding hydrogens is 548 g/mol. The summed E-state index contributed by atoms with van der Waals surface area (Å²) in [7, 11) is 1.32. The zero-order valence-corrected chi connectivity index (χ0v) is 23.1. The molecule has 5 heterocycles. The van der Waals surface area contributed by atoms with Gasteiger partial charge in [-0.2, -0.15) is 5.10 Å². The molecule has 0 unspecified atom stereocenters. The van der Waals surface area contributed by atoms with Gasteiger partial charge in [0.2, 0.25) is 0 Å². The fraction of sp³-hybridized carbons (Fsp3) is 0.379. The van der Waals surface area contributed by atoms with E-state index in [2.05, 4.69) is 25.3 Å². The number of methoxy groups -OCH3 is 1. The smallest absolute Gasteiger partial charge is 0.407 e. The van der Waals surface area contributed by atoms with Crippen LogP contribution in [0.15, 0.2) is 48.9 Å². The number of hydrogen-bond acceptors (Lipinski definition) is 9. The molecule has 2 fully saturated rings. The maximum Gasteiger partial charge on any atom is 0.407 e. The first-order valence-electron chi connectivity index (χ1n) is 13.6. The molecule has 220 valence electrons. The minimum atomic E-state index is -1.40. The third-order valence-electron chi connectivity index (χ3n) is 8.02. The lowest BCUT2D eigenvalue weighted by molar-refractivity contribution is -0.184. The number of nitrogens with zero attached hydrogens (tertiary/aromatic N) is 5. The van der Waals surface area contributed by atoms with Gasteiger partial charge < -0.3 is 30.5 Å². The summed E-state index contributed by atoms with van der Waals surface area (Å²) in [4.78, 5) is 22.8. The Labute approximate surface area is 240 Å². The van der Waals surface area contributed by atoms with Crippen LogP contribution in [0, 0.1) is 17.6 Å². The topological polar surface area (TPSA) is 140 Å². The molecule has 2 aliphatic rings. The molecule has 42 heavy (non-hydrogen) atoms. The molecular formula is C29H31F2N7O4. The molecule has 3 aromatic heterocycles. The number of carbonyl (C=O) groups is 1. The van der Waals surface area contributed by atoms with Crippen molar-refractivity contribution in [3.05, 3.63) is 77.5 Å². The molecule has 0 spiro atoms. The van der Waals surface area contributed by atoms with E-state index in [1.54, 1.807) is 29.2 Å². The van der Waals surface area contributed by atoms with Crippen molar-refractivity contribution in [3.8, 4) is 11.3 Å². The predicted octanol–water partition coefficient (Wildman–Crippen LogP) is 2.39. The van der Waals surface area contributed by atoms with Crippen LogP contribution in [-0.4, -0.2) is 76.3 Å². The number of anilines is 1. The highest BCUT2D eigenvalue weighted by molar-refractivity contribution is 5.68. The lowest BCUT2D eigenvalue weighted by atomic mass is 9.89. The van der Waals surface area contributed by atoms with Gasteiger partial charge in [0.15, 0.2) is 0 Å². The number of nitrogens with one attached hydrogen (secondary N) is 1. The SMILES string of the molecule is COC(=O)N[C@@H]1[C@H](N)CN(c2ccncc2Cc2ncc3ccc(-c4c(F)cc(C5(O)COC5)cc4F)nn23)C[C@@H]1C. The maximum atomic E-state index is 15.2. The van der Waals surface area contributed by atoms with Gasteiger partial charge in [0.25, 0.3) is 0 Å². The van der Waals surface area contributed by atoms with Crippen molar-refractivity contribution in [1.82, 2.24) is 24.9 Å². The fourth-order valence-corrected chi connectivity index (χ4v) is 5.74. The van der Waals surface area contributed by atoms with Gasteiger partial charge in [0, 0.05) is 49.2 Å². The van der Waals surface area contributed by atoms with Crippen LogP contribution in [0.4, 0.5) is 19.3 Å². The van der Waals surface area contributed by atoms with Gasteiger partial charge in [0.1, 0.15) is 23.1 Å². The number of nitrogens with two attached hydrogens (primary N) is 1. The van der Waals surface area contributed by atoms with Gasteiger partial charge >= 0.3 is 6.09 Å². The van der Waals surface area contributed by atoms with Gasteiger partial charge in [-0.15, -0.1) is 0 Å². The monoisotopic (exact) mass is 579 g/mol. The first kappa shape index (κ1) is 27.9. The molecule has 0 aliphatic carbocycles. The number of alkyl carbamates (subject to hydrolysis) is 1. The molecule has 11 nitrogen and oxygen atoms in total. The molecule has 1 aromatic carbocycles. The number of piperidine rings is 1. The second-order valence-corrected chi connectivity index (χ2v) is 11.0. The number of imidazole rings is 1. The van der Waals surface area contributed by atoms with Crippen molar-refractivity contribution < 1.29 is 28.2 Å². The minimum Gasteiger partial charge on any atom is -0.453 e. The van der Waals surface area contributed by atoms with Crippen molar-refractivity contribution in [2.24, 2.45) is 11.7 Å². The number of aromatic nitrogens is 4. The van der Waals surface area contributed by atoms with Crippen molar-refractivity contribution in [2.75, 3.05) is 38.3 Å². The Balaban J connectivity index is 1.28. The van der Waals surface area contributed by atoms with E-state index in [1.807, 2.05) is 13.0 Å². The number of benzene rings is 1. The van der Waals surface area contributed by atoms with E-state index in [4.69, 9.17) is 15.2 Å². The third kappa shape index (κ3) is 5.03. The van der Waals surface area contributed by atoms with Crippen LogP contribution in [0.3, 0.4) is 0 Å². The van der Waals surface area contributed by atoms with E-state index >= 15 is 8.78 Å². The van der Waals surface area contributed by atoms with Gasteiger partial charge in [-0.3, -0.25) is 4.98 Å². The standard InChI is InChI=1S/C29H31F2N7O4/c1-16-12-37(13-22(32)27(16)35-28(39)41-2)24-5-6-33-10-17(24)7-25-34-11-19-3-4-23(36-38(19)25)26-20(30)8-18(9-21(26)31)29(40)14-42-15-29/h3-6,8-11,16,22,27,40H,7,12-15,32H2,1-2H3,(H,35,39)/t16-,22+,27-/m0/s1. The summed E-state index contributed by atoms with van der Waals surface area (Å²) in [6.45, 7) is 3.12. The largest absolute Gasteiger partial charge is 0.453 e. The Morgan fingerprint density at radius 3 is 2.64 bits per heavy atom. The molecule has 2 saturated heterocycles. The number of pyridine rings is 1. The minimum absolute atomic E-state index is 0.0165. The molecule has 4 aromatic rings. The van der Waals surface area contributed by atoms with E-state index < -0.39 is 23.3 Å². The molecule has 0 saturated carbocycles. The summed E-state index contributed by atoms with van der Waals surface area (Å²) < 4.78 is 41.7. The maximum absolute atomic E-state index is 15.2. The number of ether oxygens (including phenoxy) is 2. The van der Waals surface area contributed by atoms with Crippen molar-refractivity contribution >= 4 is 17.3 Å². The highest BCUT2D eigenvalue weighted by atomic mass is 19.1. The zero-order valence-electron chi connectivity index (χ0n) is 23.1.